The molecule has 2 aromatic carbocycles. The van der Waals surface area contributed by atoms with Crippen LogP contribution in [0.3, 0.4) is 0 Å². The Morgan fingerprint density at radius 1 is 1.17 bits per heavy atom. The predicted octanol–water partition coefficient (Wildman–Crippen LogP) is 3.18. The van der Waals surface area contributed by atoms with E-state index in [4.69, 9.17) is 4.74 Å². The van der Waals surface area contributed by atoms with E-state index in [2.05, 4.69) is 15.5 Å². The second-order valence-corrected chi connectivity index (χ2v) is 7.28. The maximum Gasteiger partial charge on any atom is 0.296 e. The molecule has 2 aromatic rings. The second-order valence-electron chi connectivity index (χ2n) is 5.89. The highest BCUT2D eigenvalue weighted by Crippen LogP contribution is 2.34. The Hall–Kier alpha value is -3.71. The van der Waals surface area contributed by atoms with Crippen molar-refractivity contribution in [3.63, 3.8) is 0 Å². The van der Waals surface area contributed by atoms with Gasteiger partial charge in [-0.25, -0.2) is 0 Å². The minimum atomic E-state index is -4.74. The number of nitro benzene ring substituents is 1. The summed E-state index contributed by atoms with van der Waals surface area (Å²) >= 11 is 0. The zero-order valence-corrected chi connectivity index (χ0v) is 16.5. The Morgan fingerprint density at radius 2 is 1.83 bits per heavy atom. The van der Waals surface area contributed by atoms with Crippen molar-refractivity contribution >= 4 is 44.6 Å². The van der Waals surface area contributed by atoms with Crippen molar-refractivity contribution in [1.29, 1.82) is 0 Å². The van der Waals surface area contributed by atoms with Crippen LogP contribution in [0.5, 0.6) is 5.75 Å². The Balaban J connectivity index is 2.51. The van der Waals surface area contributed by atoms with Crippen molar-refractivity contribution < 1.29 is 32.2 Å². The molecule has 0 aliphatic carbocycles. The molecule has 0 spiro atoms. The number of nitrogens with zero attached hydrogens (tertiary/aromatic N) is 3. The number of hydrogen-bond donors (Lipinski definition) is 2. The summed E-state index contributed by atoms with van der Waals surface area (Å²) in [4.78, 5) is 32.5. The van der Waals surface area contributed by atoms with Gasteiger partial charge in [-0.2, -0.15) is 8.42 Å². The monoisotopic (exact) mass is 436 g/mol. The number of methoxy groups -OCH3 is 1. The highest BCUT2D eigenvalue weighted by Gasteiger charge is 2.19. The van der Waals surface area contributed by atoms with E-state index in [9.17, 15) is 32.7 Å². The van der Waals surface area contributed by atoms with Gasteiger partial charge in [0.15, 0.2) is 0 Å². The van der Waals surface area contributed by atoms with Crippen molar-refractivity contribution in [2.45, 2.75) is 18.2 Å². The lowest BCUT2D eigenvalue weighted by Gasteiger charge is -2.09. The summed E-state index contributed by atoms with van der Waals surface area (Å²) in [6, 6.07) is 6.80. The lowest BCUT2D eigenvalue weighted by molar-refractivity contribution is -0.384. The lowest BCUT2D eigenvalue weighted by Crippen LogP contribution is -2.14. The highest BCUT2D eigenvalue weighted by molar-refractivity contribution is 7.86. The van der Waals surface area contributed by atoms with Crippen LogP contribution < -0.4 is 10.1 Å². The topological polar surface area (TPSA) is 178 Å². The summed E-state index contributed by atoms with van der Waals surface area (Å²) in [5.41, 5.74) is -0.812. The molecule has 0 aliphatic heterocycles. The second kappa shape index (κ2) is 9.19. The molecule has 30 heavy (non-hydrogen) atoms. The van der Waals surface area contributed by atoms with Gasteiger partial charge in [-0.3, -0.25) is 24.3 Å². The Kier molecular flexibility index (Phi) is 6.92. The molecule has 0 heterocycles. The molecule has 2 rings (SSSR count). The minimum absolute atomic E-state index is 0.0421. The molecule has 0 fully saturated rings. The molecular formula is C17H16N4O8S. The molecular weight excluding hydrogens is 420 g/mol. The van der Waals surface area contributed by atoms with Crippen molar-refractivity contribution in [3.05, 3.63) is 46.5 Å². The molecule has 0 unspecified atom stereocenters. The average molecular weight is 436 g/mol. The van der Waals surface area contributed by atoms with Crippen LogP contribution in [0, 0.1) is 10.1 Å². The number of nitrogens with one attached hydrogen (secondary N) is 1. The smallest absolute Gasteiger partial charge is 0.296 e. The largest absolute Gasteiger partial charge is 0.497 e. The number of anilines is 1. The standard InChI is InChI=1S/C17H16N4O8S/c1-10(22)7-17(23)18-14-9-12(29-2)4-5-13(14)19-20-15-8-11(21(24)25)3-6-16(15)30(26,27)28/h3-6,8-9H,7H2,1-2H3,(H,18,23)(H,26,27,28). The first-order chi connectivity index (χ1) is 14.0. The SMILES string of the molecule is COc1ccc(N=Nc2cc([N+](=O)[O-])ccc2S(=O)(=O)O)c(NC(=O)CC(C)=O)c1. The summed E-state index contributed by atoms with van der Waals surface area (Å²) in [6.07, 6.45) is -0.383. The number of rotatable bonds is 8. The zero-order valence-electron chi connectivity index (χ0n) is 15.7. The summed E-state index contributed by atoms with van der Waals surface area (Å²) in [7, 11) is -3.35. The van der Waals surface area contributed by atoms with E-state index in [1.54, 1.807) is 0 Å². The Morgan fingerprint density at radius 3 is 2.40 bits per heavy atom. The molecule has 12 nitrogen and oxygen atoms in total. The van der Waals surface area contributed by atoms with Gasteiger partial charge in [-0.15, -0.1) is 10.2 Å². The number of Topliss-reactive ketones (excluding diaryl/α,β-unsaturated/α-hetero) is 1. The van der Waals surface area contributed by atoms with Gasteiger partial charge in [-0.1, -0.05) is 0 Å². The summed E-state index contributed by atoms with van der Waals surface area (Å²) in [5, 5.41) is 20.9. The van der Waals surface area contributed by atoms with Crippen molar-refractivity contribution in [2.75, 3.05) is 12.4 Å². The van der Waals surface area contributed by atoms with Crippen molar-refractivity contribution in [2.24, 2.45) is 10.2 Å². The summed E-state index contributed by atoms with van der Waals surface area (Å²) < 4.78 is 37.4. The van der Waals surface area contributed by atoms with E-state index in [1.807, 2.05) is 0 Å². The molecule has 0 atom stereocenters. The van der Waals surface area contributed by atoms with Gasteiger partial charge in [0.05, 0.1) is 24.1 Å². The van der Waals surface area contributed by atoms with Gasteiger partial charge in [0, 0.05) is 18.2 Å². The lowest BCUT2D eigenvalue weighted by atomic mass is 10.2. The molecule has 2 N–H and O–H groups in total. The number of ketones is 1. The van der Waals surface area contributed by atoms with Crippen LogP contribution in [0.1, 0.15) is 13.3 Å². The fraction of sp³-hybridized carbons (Fsp3) is 0.176. The molecule has 0 bridgehead atoms. The number of hydrogen-bond acceptors (Lipinski definition) is 9. The third-order valence-electron chi connectivity index (χ3n) is 3.58. The van der Waals surface area contributed by atoms with Gasteiger partial charge in [-0.05, 0) is 25.1 Å². The quantitative estimate of drug-likeness (QED) is 0.208. The molecule has 0 saturated heterocycles. The summed E-state index contributed by atoms with van der Waals surface area (Å²) in [5.74, 6) is -0.643. The minimum Gasteiger partial charge on any atom is -0.497 e. The highest BCUT2D eigenvalue weighted by atomic mass is 32.2. The van der Waals surface area contributed by atoms with Gasteiger partial charge >= 0.3 is 0 Å². The molecule has 0 radical (unpaired) electrons. The van der Waals surface area contributed by atoms with Crippen LogP contribution in [-0.2, 0) is 19.7 Å². The number of non-ortho nitro benzene ring substituents is 1. The molecule has 158 valence electrons. The van der Waals surface area contributed by atoms with E-state index >= 15 is 0 Å². The number of carbonyl (C=O) groups is 2. The van der Waals surface area contributed by atoms with Crippen LogP contribution in [0.25, 0.3) is 0 Å². The van der Waals surface area contributed by atoms with Crippen LogP contribution in [0.4, 0.5) is 22.7 Å². The van der Waals surface area contributed by atoms with Crippen molar-refractivity contribution in [3.8, 4) is 5.75 Å². The molecule has 0 aliphatic rings. The van der Waals surface area contributed by atoms with Crippen LogP contribution in [0.15, 0.2) is 51.5 Å². The number of nitro groups is 1. The van der Waals surface area contributed by atoms with E-state index < -0.39 is 37.2 Å². The fourth-order valence-corrected chi connectivity index (χ4v) is 2.88. The van der Waals surface area contributed by atoms with Crippen LogP contribution >= 0.6 is 0 Å². The third kappa shape index (κ3) is 5.89. The number of benzene rings is 2. The average Bonchev–Trinajstić information content (AvgIpc) is 2.65. The molecule has 0 saturated carbocycles. The van der Waals surface area contributed by atoms with E-state index in [0.29, 0.717) is 5.75 Å². The first kappa shape index (κ1) is 22.6. The molecule has 0 aromatic heterocycles. The van der Waals surface area contributed by atoms with Gasteiger partial charge in [0.1, 0.15) is 27.8 Å². The zero-order chi connectivity index (χ0) is 22.5. The number of ether oxygens (including phenoxy) is 1. The van der Waals surface area contributed by atoms with E-state index in [-0.39, 0.29) is 23.6 Å². The van der Waals surface area contributed by atoms with Crippen LogP contribution in [-0.4, -0.2) is 36.7 Å². The van der Waals surface area contributed by atoms with Crippen molar-refractivity contribution in [1.82, 2.24) is 0 Å². The fourth-order valence-electron chi connectivity index (χ4n) is 2.27. The maximum absolute atomic E-state index is 11.9. The molecule has 1 amide bonds. The summed E-state index contributed by atoms with van der Waals surface area (Å²) in [6.45, 7) is 1.24. The predicted molar refractivity (Wildman–Crippen MR) is 104 cm³/mol. The van der Waals surface area contributed by atoms with Crippen LogP contribution in [0.2, 0.25) is 0 Å². The van der Waals surface area contributed by atoms with Gasteiger partial charge in [0.25, 0.3) is 15.8 Å². The first-order valence-electron chi connectivity index (χ1n) is 8.16. The maximum atomic E-state index is 11.9. The molecule has 13 heteroatoms. The number of amides is 1. The Bertz CT molecular complexity index is 1140. The first-order valence-corrected chi connectivity index (χ1v) is 9.60. The van der Waals surface area contributed by atoms with E-state index in [0.717, 1.165) is 18.2 Å². The third-order valence-corrected chi connectivity index (χ3v) is 4.49. The normalized spacial score (nSPS) is 11.3. The van der Waals surface area contributed by atoms with Gasteiger partial charge in [0.2, 0.25) is 5.91 Å². The van der Waals surface area contributed by atoms with E-state index in [1.165, 1.54) is 32.2 Å². The Labute approximate surface area is 170 Å². The number of azo groups is 1. The van der Waals surface area contributed by atoms with Gasteiger partial charge < -0.3 is 10.1 Å². The number of carbonyl (C=O) groups excluding carboxylic acids is 2.